The quantitative estimate of drug-likeness (QED) is 0.248. The van der Waals surface area contributed by atoms with Crippen LogP contribution in [0.25, 0.3) is 65.2 Å². The van der Waals surface area contributed by atoms with Crippen molar-refractivity contribution >= 4 is 76.8 Å². The van der Waals surface area contributed by atoms with E-state index in [1.807, 2.05) is 0 Å². The fourth-order valence-corrected chi connectivity index (χ4v) is 5.46. The van der Waals surface area contributed by atoms with Gasteiger partial charge in [-0.25, -0.2) is 0 Å². The first-order valence-corrected chi connectivity index (χ1v) is 11.3. The third-order valence-corrected chi connectivity index (χ3v) is 7.06. The zero-order chi connectivity index (χ0) is 24.0. The van der Waals surface area contributed by atoms with E-state index >= 15 is 0 Å². The highest BCUT2D eigenvalue weighted by molar-refractivity contribution is 6.37. The molecule has 0 aliphatic heterocycles. The summed E-state index contributed by atoms with van der Waals surface area (Å²) in [6.07, 6.45) is 0. The average molecular weight is 477 g/mol. The van der Waals surface area contributed by atoms with Crippen molar-refractivity contribution in [2.75, 3.05) is 0 Å². The first-order chi connectivity index (χ1) is 17.0. The summed E-state index contributed by atoms with van der Waals surface area (Å²) >= 11 is 6.53. The van der Waals surface area contributed by atoms with Gasteiger partial charge in [0.1, 0.15) is 10.8 Å². The summed E-state index contributed by atoms with van der Waals surface area (Å²) in [5.74, 6) is 0. The van der Waals surface area contributed by atoms with Gasteiger partial charge < -0.3 is 0 Å². The molecule has 0 saturated carbocycles. The molecule has 0 bridgehead atoms. The molecule has 0 unspecified atom stereocenters. The van der Waals surface area contributed by atoms with Gasteiger partial charge >= 0.3 is 0 Å². The number of aromatic nitrogens is 2. The van der Waals surface area contributed by atoms with Gasteiger partial charge in [-0.1, -0.05) is 60.1 Å². The molecule has 0 fully saturated rings. The average Bonchev–Trinajstić information content (AvgIpc) is 2.88. The first kappa shape index (κ1) is 19.9. The molecule has 35 heavy (non-hydrogen) atoms. The van der Waals surface area contributed by atoms with Crippen LogP contribution in [-0.4, -0.2) is 0 Å². The predicted molar refractivity (Wildman–Crippen MR) is 137 cm³/mol. The van der Waals surface area contributed by atoms with Crippen LogP contribution < -0.4 is 31.7 Å². The van der Waals surface area contributed by atoms with Gasteiger partial charge in [0.05, 0.1) is 10.4 Å². The van der Waals surface area contributed by atoms with E-state index in [0.29, 0.717) is 49.0 Å². The van der Waals surface area contributed by atoms with Crippen molar-refractivity contribution in [1.82, 2.24) is 0 Å². The van der Waals surface area contributed by atoms with Crippen molar-refractivity contribution < 1.29 is 9.97 Å². The minimum atomic E-state index is -0.321. The molecular weight excluding hydrogens is 464 g/mol. The van der Waals surface area contributed by atoms with Gasteiger partial charge in [-0.2, -0.15) is 9.97 Å². The lowest BCUT2D eigenvalue weighted by molar-refractivity contribution is -0.359. The molecule has 1 aromatic heterocycles. The highest BCUT2D eigenvalue weighted by atomic mass is 35.5. The summed E-state index contributed by atoms with van der Waals surface area (Å²) in [6, 6.07) is 18.2. The summed E-state index contributed by atoms with van der Waals surface area (Å²) < 4.78 is 0. The fourth-order valence-electron chi connectivity index (χ4n) is 5.17. The monoisotopic (exact) mass is 476 g/mol. The van der Waals surface area contributed by atoms with Crippen molar-refractivity contribution in [2.45, 2.75) is 0 Å². The Hall–Kier alpha value is -4.55. The molecule has 0 aliphatic rings. The highest BCUT2D eigenvalue weighted by Gasteiger charge is 2.27. The fraction of sp³-hybridized carbons (Fsp3) is 0. The number of halogens is 1. The van der Waals surface area contributed by atoms with Crippen LogP contribution in [-0.2, 0) is 0 Å². The largest absolute Gasteiger partial charge is 0.289 e. The standard InChI is InChI=1S/C28H11ClN2O4/c29-17-11-19-24(22-21(17)27(34)14-7-3-4-8-15(14)28(22)35)30-18-10-9-16-20(23(18)31-19)26(33)13-6-2-1-5-12(13)25(16)32/h1-11H/p+2. The predicted octanol–water partition coefficient (Wildman–Crippen LogP) is 3.20. The molecule has 7 rings (SSSR count). The lowest BCUT2D eigenvalue weighted by Gasteiger charge is -2.03. The third-order valence-electron chi connectivity index (χ3n) is 6.76. The van der Waals surface area contributed by atoms with E-state index in [2.05, 4.69) is 9.97 Å². The van der Waals surface area contributed by atoms with Crippen LogP contribution in [0.2, 0.25) is 5.02 Å². The number of hydrogen-bond donors (Lipinski definition) is 0. The van der Waals surface area contributed by atoms with Gasteiger partial charge in [-0.3, -0.25) is 19.2 Å². The van der Waals surface area contributed by atoms with Gasteiger partial charge in [-0.15, -0.1) is 0 Å². The lowest BCUT2D eigenvalue weighted by Crippen LogP contribution is -2.24. The topological polar surface area (TPSA) is 96.6 Å². The van der Waals surface area contributed by atoms with Crippen molar-refractivity contribution in [1.29, 1.82) is 0 Å². The maximum atomic E-state index is 13.5. The number of nitrogens with one attached hydrogen (secondary N) is 2. The Kier molecular flexibility index (Phi) is 3.83. The van der Waals surface area contributed by atoms with Crippen LogP contribution >= 0.6 is 11.6 Å². The van der Waals surface area contributed by atoms with Crippen LogP contribution in [0.4, 0.5) is 0 Å². The van der Waals surface area contributed by atoms with Crippen LogP contribution in [0, 0.1) is 0 Å². The minimum absolute atomic E-state index is 0.127. The molecule has 1 heterocycles. The van der Waals surface area contributed by atoms with Gasteiger partial charge in [0.15, 0.2) is 10.9 Å². The van der Waals surface area contributed by atoms with E-state index in [4.69, 9.17) is 11.6 Å². The Balaban J connectivity index is 1.75. The van der Waals surface area contributed by atoms with E-state index in [0.717, 1.165) is 0 Å². The van der Waals surface area contributed by atoms with Crippen LogP contribution in [0.5, 0.6) is 0 Å². The number of H-pyrrole nitrogens is 2. The van der Waals surface area contributed by atoms with Crippen molar-refractivity contribution in [2.24, 2.45) is 0 Å². The third kappa shape index (κ3) is 2.49. The van der Waals surface area contributed by atoms with E-state index in [1.54, 1.807) is 66.7 Å². The van der Waals surface area contributed by atoms with E-state index in [-0.39, 0.29) is 42.9 Å². The van der Waals surface area contributed by atoms with Crippen LogP contribution in [0.3, 0.4) is 0 Å². The van der Waals surface area contributed by atoms with Gasteiger partial charge in [-0.05, 0) is 6.07 Å². The molecule has 6 nitrogen and oxygen atoms in total. The Bertz CT molecular complexity index is 2320. The second-order valence-electron chi connectivity index (χ2n) is 8.60. The van der Waals surface area contributed by atoms with Crippen LogP contribution in [0.1, 0.15) is 0 Å². The molecule has 0 aliphatic carbocycles. The molecule has 0 atom stereocenters. The number of rotatable bonds is 0. The Morgan fingerprint density at radius 2 is 0.971 bits per heavy atom. The second kappa shape index (κ2) is 6.74. The molecular formula is C28H13ClN2O4+2. The highest BCUT2D eigenvalue weighted by Crippen LogP contribution is 2.27. The molecule has 2 N–H and O–H groups in total. The molecule has 7 heteroatoms. The van der Waals surface area contributed by atoms with Crippen molar-refractivity contribution in [3.8, 4) is 0 Å². The summed E-state index contributed by atoms with van der Waals surface area (Å²) in [7, 11) is 0. The molecule has 7 aromatic rings. The maximum Gasteiger partial charge on any atom is 0.288 e. The molecule has 0 radical (unpaired) electrons. The summed E-state index contributed by atoms with van der Waals surface area (Å²) in [4.78, 5) is 59.7. The zero-order valence-corrected chi connectivity index (χ0v) is 18.6. The van der Waals surface area contributed by atoms with Gasteiger partial charge in [0.2, 0.25) is 10.9 Å². The van der Waals surface area contributed by atoms with Crippen LogP contribution in [0.15, 0.2) is 85.9 Å². The van der Waals surface area contributed by atoms with Crippen molar-refractivity contribution in [3.05, 3.63) is 113 Å². The SMILES string of the molecule is O=c1c2ccccc2c(=O)c2c1ccc1[nH+]c3c(cc(Cl)c4c(=O)c5ccccc5c(=O)c43)[nH+]c12. The number of benzene rings is 6. The molecule has 0 amide bonds. The Morgan fingerprint density at radius 3 is 1.60 bits per heavy atom. The zero-order valence-electron chi connectivity index (χ0n) is 17.9. The number of fused-ring (bicyclic) bond motifs is 8. The molecule has 164 valence electrons. The number of aromatic amines is 2. The molecule has 0 saturated heterocycles. The summed E-state index contributed by atoms with van der Waals surface area (Å²) in [5.41, 5.74) is 0.645. The second-order valence-corrected chi connectivity index (χ2v) is 9.01. The van der Waals surface area contributed by atoms with Gasteiger partial charge in [0.25, 0.3) is 22.1 Å². The maximum absolute atomic E-state index is 13.5. The summed E-state index contributed by atoms with van der Waals surface area (Å²) in [6.45, 7) is 0. The van der Waals surface area contributed by atoms with E-state index in [9.17, 15) is 19.2 Å². The Morgan fingerprint density at radius 1 is 0.486 bits per heavy atom. The normalized spacial score (nSPS) is 12.0. The minimum Gasteiger partial charge on any atom is -0.289 e. The number of hydrogen-bond acceptors (Lipinski definition) is 4. The molecule has 6 aromatic carbocycles. The van der Waals surface area contributed by atoms with E-state index < -0.39 is 0 Å². The van der Waals surface area contributed by atoms with E-state index in [1.165, 1.54) is 0 Å². The Labute approximate surface area is 199 Å². The smallest absolute Gasteiger partial charge is 0.288 e. The molecule has 0 spiro atoms. The van der Waals surface area contributed by atoms with Gasteiger partial charge in [0, 0.05) is 39.1 Å². The lowest BCUT2D eigenvalue weighted by atomic mass is 9.99. The summed E-state index contributed by atoms with van der Waals surface area (Å²) in [5, 5.41) is 2.34. The first-order valence-electron chi connectivity index (χ1n) is 10.9. The van der Waals surface area contributed by atoms with Crippen molar-refractivity contribution in [3.63, 3.8) is 0 Å².